The van der Waals surface area contributed by atoms with Gasteiger partial charge < -0.3 is 4.74 Å². The van der Waals surface area contributed by atoms with Gasteiger partial charge in [0.1, 0.15) is 0 Å². The Bertz CT molecular complexity index is 657. The maximum atomic E-state index is 12.7. The molecule has 0 N–H and O–H groups in total. The number of halogens is 1. The van der Waals surface area contributed by atoms with Crippen molar-refractivity contribution in [1.82, 2.24) is 0 Å². The van der Waals surface area contributed by atoms with Crippen LogP contribution in [0.1, 0.15) is 43.4 Å². The number of aryl methyl sites for hydroxylation is 1. The highest BCUT2D eigenvalue weighted by Crippen LogP contribution is 2.40. The van der Waals surface area contributed by atoms with Gasteiger partial charge in [-0.25, -0.2) is 0 Å². The second-order valence-electron chi connectivity index (χ2n) is 6.32. The summed E-state index contributed by atoms with van der Waals surface area (Å²) in [7, 11) is 0. The van der Waals surface area contributed by atoms with E-state index in [-0.39, 0.29) is 17.3 Å². The van der Waals surface area contributed by atoms with Crippen molar-refractivity contribution in [3.05, 3.63) is 69.7 Å². The largest absolute Gasteiger partial charge is 0.465 e. The van der Waals surface area contributed by atoms with E-state index in [1.54, 1.807) is 0 Å². The van der Waals surface area contributed by atoms with E-state index in [2.05, 4.69) is 61.0 Å². The maximum Gasteiger partial charge on any atom is 0.314 e. The first kappa shape index (κ1) is 17.7. The lowest BCUT2D eigenvalue weighted by Crippen LogP contribution is -2.34. The van der Waals surface area contributed by atoms with Gasteiger partial charge in [-0.2, -0.15) is 0 Å². The quantitative estimate of drug-likeness (QED) is 0.656. The Morgan fingerprint density at radius 3 is 2.17 bits per heavy atom. The Balaban J connectivity index is 2.48. The molecular formula is C20H23BrO2. The van der Waals surface area contributed by atoms with Crippen LogP contribution < -0.4 is 0 Å². The number of carbonyl (C=O) groups is 1. The highest BCUT2D eigenvalue weighted by atomic mass is 79.9. The zero-order valence-corrected chi connectivity index (χ0v) is 15.7. The molecule has 0 unspecified atom stereocenters. The van der Waals surface area contributed by atoms with Gasteiger partial charge in [0, 0.05) is 9.89 Å². The predicted octanol–water partition coefficient (Wildman–Crippen LogP) is 5.38. The summed E-state index contributed by atoms with van der Waals surface area (Å²) in [5, 5.41) is 0. The van der Waals surface area contributed by atoms with Gasteiger partial charge in [0.05, 0.1) is 12.5 Å². The second kappa shape index (κ2) is 7.31. The molecule has 1 atom stereocenters. The van der Waals surface area contributed by atoms with Crippen LogP contribution in [0.3, 0.4) is 0 Å². The molecule has 0 heterocycles. The summed E-state index contributed by atoms with van der Waals surface area (Å²) in [6, 6.07) is 16.3. The summed E-state index contributed by atoms with van der Waals surface area (Å²) in [4.78, 5) is 12.7. The summed E-state index contributed by atoms with van der Waals surface area (Å²) in [5.74, 6) is -0.529. The number of esters is 1. The fourth-order valence-corrected chi connectivity index (χ4v) is 3.14. The average molecular weight is 375 g/mol. The first-order valence-electron chi connectivity index (χ1n) is 7.85. The third-order valence-electron chi connectivity index (χ3n) is 4.24. The van der Waals surface area contributed by atoms with Crippen molar-refractivity contribution in [3.63, 3.8) is 0 Å². The SMILES string of the molecule is CCOC(=O)[C@@H](c1ccc(Br)cc1)C(C)(C)c1ccc(C)cc1. The number of hydrogen-bond acceptors (Lipinski definition) is 2. The number of carbonyl (C=O) groups excluding carboxylic acids is 1. The van der Waals surface area contributed by atoms with E-state index in [1.807, 2.05) is 31.2 Å². The third-order valence-corrected chi connectivity index (χ3v) is 4.77. The molecule has 0 bridgehead atoms. The van der Waals surface area contributed by atoms with Crippen LogP contribution >= 0.6 is 15.9 Å². The van der Waals surface area contributed by atoms with Crippen molar-refractivity contribution in [2.45, 2.75) is 39.0 Å². The van der Waals surface area contributed by atoms with Crippen LogP contribution in [0.2, 0.25) is 0 Å². The zero-order valence-electron chi connectivity index (χ0n) is 14.1. The molecule has 0 spiro atoms. The number of benzene rings is 2. The third kappa shape index (κ3) is 4.03. The molecule has 0 saturated heterocycles. The summed E-state index contributed by atoms with van der Waals surface area (Å²) in [6.07, 6.45) is 0. The fraction of sp³-hybridized carbons (Fsp3) is 0.350. The van der Waals surface area contributed by atoms with Gasteiger partial charge in [-0.1, -0.05) is 71.7 Å². The smallest absolute Gasteiger partial charge is 0.314 e. The van der Waals surface area contributed by atoms with E-state index >= 15 is 0 Å². The van der Waals surface area contributed by atoms with E-state index in [9.17, 15) is 4.79 Å². The van der Waals surface area contributed by atoms with Crippen LogP contribution in [0.25, 0.3) is 0 Å². The minimum absolute atomic E-state index is 0.180. The molecule has 2 aromatic carbocycles. The summed E-state index contributed by atoms with van der Waals surface area (Å²) >= 11 is 3.45. The second-order valence-corrected chi connectivity index (χ2v) is 7.24. The van der Waals surface area contributed by atoms with Crippen molar-refractivity contribution in [2.24, 2.45) is 0 Å². The molecule has 3 heteroatoms. The fourth-order valence-electron chi connectivity index (χ4n) is 2.88. The minimum atomic E-state index is -0.367. The minimum Gasteiger partial charge on any atom is -0.465 e. The molecule has 0 aliphatic heterocycles. The standard InChI is InChI=1S/C20H23BrO2/c1-5-23-19(22)18(15-8-12-17(21)13-9-15)20(3,4)16-10-6-14(2)7-11-16/h6-13,18H,5H2,1-4H3/t18-/m1/s1. The van der Waals surface area contributed by atoms with Gasteiger partial charge >= 0.3 is 5.97 Å². The van der Waals surface area contributed by atoms with E-state index in [0.29, 0.717) is 6.61 Å². The Hall–Kier alpha value is -1.61. The monoisotopic (exact) mass is 374 g/mol. The highest BCUT2D eigenvalue weighted by molar-refractivity contribution is 9.10. The molecule has 23 heavy (non-hydrogen) atoms. The molecular weight excluding hydrogens is 352 g/mol. The van der Waals surface area contributed by atoms with Crippen molar-refractivity contribution in [2.75, 3.05) is 6.61 Å². The first-order valence-corrected chi connectivity index (χ1v) is 8.64. The molecule has 2 rings (SSSR count). The lowest BCUT2D eigenvalue weighted by atomic mass is 9.70. The molecule has 2 aromatic rings. The van der Waals surface area contributed by atoms with E-state index in [4.69, 9.17) is 4.74 Å². The molecule has 122 valence electrons. The predicted molar refractivity (Wildman–Crippen MR) is 97.7 cm³/mol. The van der Waals surface area contributed by atoms with E-state index in [0.717, 1.165) is 15.6 Å². The Labute approximate surface area is 147 Å². The van der Waals surface area contributed by atoms with E-state index in [1.165, 1.54) is 5.56 Å². The molecule has 0 aliphatic carbocycles. The summed E-state index contributed by atoms with van der Waals surface area (Å²) in [6.45, 7) is 8.49. The van der Waals surface area contributed by atoms with Crippen LogP contribution in [0.5, 0.6) is 0 Å². The highest BCUT2D eigenvalue weighted by Gasteiger charge is 2.38. The number of ether oxygens (including phenoxy) is 1. The van der Waals surface area contributed by atoms with Crippen LogP contribution in [-0.2, 0) is 14.9 Å². The van der Waals surface area contributed by atoms with Crippen molar-refractivity contribution >= 4 is 21.9 Å². The van der Waals surface area contributed by atoms with E-state index < -0.39 is 0 Å². The van der Waals surface area contributed by atoms with Gasteiger partial charge in [0.15, 0.2) is 0 Å². The summed E-state index contributed by atoms with van der Waals surface area (Å²) < 4.78 is 6.37. The Kier molecular flexibility index (Phi) is 5.64. The van der Waals surface area contributed by atoms with Crippen LogP contribution in [0, 0.1) is 6.92 Å². The van der Waals surface area contributed by atoms with Crippen LogP contribution in [-0.4, -0.2) is 12.6 Å². The van der Waals surface area contributed by atoms with Crippen LogP contribution in [0.15, 0.2) is 53.0 Å². The van der Waals surface area contributed by atoms with Gasteiger partial charge in [-0.3, -0.25) is 4.79 Å². The van der Waals surface area contributed by atoms with Crippen LogP contribution in [0.4, 0.5) is 0 Å². The molecule has 0 aliphatic rings. The van der Waals surface area contributed by atoms with Crippen molar-refractivity contribution < 1.29 is 9.53 Å². The number of hydrogen-bond donors (Lipinski definition) is 0. The van der Waals surface area contributed by atoms with Crippen molar-refractivity contribution in [3.8, 4) is 0 Å². The molecule has 0 saturated carbocycles. The Morgan fingerprint density at radius 2 is 1.65 bits per heavy atom. The van der Waals surface area contributed by atoms with Gasteiger partial charge in [-0.05, 0) is 37.1 Å². The molecule has 2 nitrogen and oxygen atoms in total. The Morgan fingerprint density at radius 1 is 1.09 bits per heavy atom. The normalized spacial score (nSPS) is 12.7. The molecule has 0 fully saturated rings. The topological polar surface area (TPSA) is 26.3 Å². The lowest BCUT2D eigenvalue weighted by molar-refractivity contribution is -0.146. The summed E-state index contributed by atoms with van der Waals surface area (Å²) in [5.41, 5.74) is 2.94. The molecule has 0 radical (unpaired) electrons. The maximum absolute atomic E-state index is 12.7. The van der Waals surface area contributed by atoms with Gasteiger partial charge in [0.2, 0.25) is 0 Å². The average Bonchev–Trinajstić information content (AvgIpc) is 2.50. The molecule has 0 aromatic heterocycles. The molecule has 0 amide bonds. The van der Waals surface area contributed by atoms with Crippen molar-refractivity contribution in [1.29, 1.82) is 0 Å². The van der Waals surface area contributed by atoms with Gasteiger partial charge in [0.25, 0.3) is 0 Å². The number of rotatable bonds is 5. The lowest BCUT2D eigenvalue weighted by Gasteiger charge is -2.33. The van der Waals surface area contributed by atoms with Gasteiger partial charge in [-0.15, -0.1) is 0 Å². The first-order chi connectivity index (χ1) is 10.9. The zero-order chi connectivity index (χ0) is 17.0.